The Morgan fingerprint density at radius 1 is 1.40 bits per heavy atom. The van der Waals surface area contributed by atoms with Crippen LogP contribution in [0.25, 0.3) is 0 Å². The number of allylic oxidation sites excluding steroid dienone is 5. The molecule has 1 aliphatic carbocycles. The highest BCUT2D eigenvalue weighted by molar-refractivity contribution is 7.15. The molecule has 0 unspecified atom stereocenters. The van der Waals surface area contributed by atoms with E-state index in [1.807, 2.05) is 6.92 Å². The first-order valence-electron chi connectivity index (χ1n) is 5.89. The van der Waals surface area contributed by atoms with Gasteiger partial charge in [-0.05, 0) is 25.1 Å². The molecule has 20 heavy (non-hydrogen) atoms. The third kappa shape index (κ3) is 1.99. The number of halogens is 1. The number of hydrogen-bond acceptors (Lipinski definition) is 5. The van der Waals surface area contributed by atoms with Gasteiger partial charge < -0.3 is 10.2 Å². The molecule has 0 fully saturated rings. The van der Waals surface area contributed by atoms with Crippen LogP contribution in [-0.2, 0) is 0 Å². The van der Waals surface area contributed by atoms with Crippen LogP contribution >= 0.6 is 22.9 Å². The second kappa shape index (κ2) is 4.61. The van der Waals surface area contributed by atoms with Crippen LogP contribution in [0.15, 0.2) is 50.8 Å². The number of nitrogens with zero attached hydrogens (tertiary/aromatic N) is 1. The number of hydrogen-bond donors (Lipinski definition) is 2. The van der Waals surface area contributed by atoms with Gasteiger partial charge in [-0.1, -0.05) is 22.9 Å². The molecule has 1 aromatic heterocycles. The first-order valence-corrected chi connectivity index (χ1v) is 7.09. The fraction of sp³-hybridized carbons (Fsp3) is 0.143. The highest BCUT2D eigenvalue weighted by Gasteiger charge is 2.31. The highest BCUT2D eigenvalue weighted by atomic mass is 35.5. The van der Waals surface area contributed by atoms with Gasteiger partial charge in [0.2, 0.25) is 5.78 Å². The maximum atomic E-state index is 12.4. The zero-order valence-corrected chi connectivity index (χ0v) is 12.0. The van der Waals surface area contributed by atoms with Gasteiger partial charge in [0.1, 0.15) is 5.76 Å². The Labute approximate surface area is 124 Å². The Bertz CT molecular complexity index is 752. The molecule has 6 heteroatoms. The summed E-state index contributed by atoms with van der Waals surface area (Å²) in [7, 11) is 0. The monoisotopic (exact) mass is 307 g/mol. The quantitative estimate of drug-likeness (QED) is 0.818. The number of aliphatic hydroxyl groups excluding tert-OH is 1. The van der Waals surface area contributed by atoms with Crippen LogP contribution in [0.4, 0.5) is 0 Å². The molecule has 1 aliphatic heterocycles. The Morgan fingerprint density at radius 2 is 2.15 bits per heavy atom. The molecule has 2 aliphatic rings. The Hall–Kier alpha value is -1.85. The van der Waals surface area contributed by atoms with Gasteiger partial charge in [0.25, 0.3) is 0 Å². The average molecular weight is 308 g/mol. The van der Waals surface area contributed by atoms with Crippen molar-refractivity contribution in [1.29, 1.82) is 0 Å². The molecule has 0 atom stereocenters. The predicted octanol–water partition coefficient (Wildman–Crippen LogP) is 3.70. The minimum absolute atomic E-state index is 0.0577. The molecule has 0 saturated heterocycles. The van der Waals surface area contributed by atoms with Crippen LogP contribution in [0.5, 0.6) is 5.06 Å². The third-order valence-electron chi connectivity index (χ3n) is 3.14. The summed E-state index contributed by atoms with van der Waals surface area (Å²) >= 11 is 7.08. The van der Waals surface area contributed by atoms with Gasteiger partial charge in [-0.15, -0.1) is 0 Å². The fourth-order valence-electron chi connectivity index (χ4n) is 2.22. The first kappa shape index (κ1) is 13.1. The van der Waals surface area contributed by atoms with Crippen LogP contribution in [0.2, 0.25) is 0 Å². The number of fused-ring (bicyclic) bond motifs is 1. The summed E-state index contributed by atoms with van der Waals surface area (Å²) in [6.45, 7) is 1.83. The van der Waals surface area contributed by atoms with E-state index in [2.05, 4.69) is 4.99 Å². The smallest absolute Gasteiger partial charge is 0.203 e. The van der Waals surface area contributed by atoms with Crippen molar-refractivity contribution in [3.8, 4) is 5.06 Å². The Morgan fingerprint density at radius 3 is 2.80 bits per heavy atom. The number of ketones is 1. The molecule has 0 radical (unpaired) electrons. The number of rotatable bonds is 2. The lowest BCUT2D eigenvalue weighted by atomic mass is 9.92. The van der Waals surface area contributed by atoms with E-state index in [9.17, 15) is 15.0 Å². The van der Waals surface area contributed by atoms with E-state index in [-0.39, 0.29) is 33.6 Å². The average Bonchev–Trinajstić information content (AvgIpc) is 2.99. The molecule has 2 heterocycles. The molecule has 1 aromatic rings. The van der Waals surface area contributed by atoms with Gasteiger partial charge in [0.15, 0.2) is 5.06 Å². The molecule has 0 bridgehead atoms. The topological polar surface area (TPSA) is 69.9 Å². The summed E-state index contributed by atoms with van der Waals surface area (Å²) in [6, 6.07) is 2.97. The minimum atomic E-state index is -0.336. The van der Waals surface area contributed by atoms with Gasteiger partial charge in [-0.3, -0.25) is 9.79 Å². The van der Waals surface area contributed by atoms with E-state index in [1.165, 1.54) is 12.1 Å². The maximum absolute atomic E-state index is 12.4. The zero-order valence-electron chi connectivity index (χ0n) is 10.5. The number of carbonyl (C=O) groups is 1. The van der Waals surface area contributed by atoms with Gasteiger partial charge in [-0.2, -0.15) is 0 Å². The van der Waals surface area contributed by atoms with E-state index in [1.54, 1.807) is 6.08 Å². The van der Waals surface area contributed by atoms with Crippen molar-refractivity contribution in [2.45, 2.75) is 13.3 Å². The molecule has 0 saturated carbocycles. The minimum Gasteiger partial charge on any atom is -0.506 e. The van der Waals surface area contributed by atoms with E-state index < -0.39 is 0 Å². The van der Waals surface area contributed by atoms with Gasteiger partial charge in [0.05, 0.1) is 21.2 Å². The lowest BCUT2D eigenvalue weighted by Gasteiger charge is -2.16. The second-order valence-corrected chi connectivity index (χ2v) is 5.98. The number of thiophene rings is 1. The van der Waals surface area contributed by atoms with Crippen molar-refractivity contribution in [1.82, 2.24) is 0 Å². The first-order chi connectivity index (χ1) is 9.47. The van der Waals surface area contributed by atoms with Crippen molar-refractivity contribution >= 4 is 34.4 Å². The molecular formula is C14H10ClNO3S. The number of aromatic hydroxyl groups is 1. The molecule has 4 nitrogen and oxygen atoms in total. The standard InChI is InChI=1S/C14H10ClNO3S/c1-6-4-7-9(16-6)5-8(14(19)12(7)15)13(18)10-2-3-11(17)20-10/h2-4,17,19H,5H2,1H3. The van der Waals surface area contributed by atoms with Crippen LogP contribution in [0, 0.1) is 0 Å². The van der Waals surface area contributed by atoms with E-state index in [0.717, 1.165) is 17.0 Å². The third-order valence-corrected chi connectivity index (χ3v) is 4.41. The van der Waals surface area contributed by atoms with Crippen molar-refractivity contribution in [3.05, 3.63) is 50.7 Å². The second-order valence-electron chi connectivity index (χ2n) is 4.54. The summed E-state index contributed by atoms with van der Waals surface area (Å²) in [5.74, 6) is -0.540. The predicted molar refractivity (Wildman–Crippen MR) is 78.7 cm³/mol. The van der Waals surface area contributed by atoms with Crippen LogP contribution in [0.1, 0.15) is 23.0 Å². The van der Waals surface area contributed by atoms with Crippen LogP contribution in [-0.4, -0.2) is 21.7 Å². The lowest BCUT2D eigenvalue weighted by molar-refractivity contribution is 0.103. The summed E-state index contributed by atoms with van der Waals surface area (Å²) in [5.41, 5.74) is 2.37. The normalized spacial score (nSPS) is 18.1. The number of aliphatic imine (C=N–C) groups is 1. The molecular weight excluding hydrogens is 298 g/mol. The summed E-state index contributed by atoms with van der Waals surface area (Å²) in [6.07, 6.45) is 2.02. The van der Waals surface area contributed by atoms with E-state index in [4.69, 9.17) is 11.6 Å². The lowest BCUT2D eigenvalue weighted by Crippen LogP contribution is -2.16. The Kier molecular flexibility index (Phi) is 3.03. The summed E-state index contributed by atoms with van der Waals surface area (Å²) < 4.78 is 0. The molecule has 0 spiro atoms. The Balaban J connectivity index is 2.04. The number of aliphatic hydroxyl groups is 1. The highest BCUT2D eigenvalue weighted by Crippen LogP contribution is 2.37. The van der Waals surface area contributed by atoms with Gasteiger partial charge >= 0.3 is 0 Å². The summed E-state index contributed by atoms with van der Waals surface area (Å²) in [4.78, 5) is 17.0. The molecule has 0 aromatic carbocycles. The number of carbonyl (C=O) groups excluding carboxylic acids is 1. The summed E-state index contributed by atoms with van der Waals surface area (Å²) in [5, 5.41) is 19.7. The fourth-order valence-corrected chi connectivity index (χ4v) is 3.21. The molecule has 102 valence electrons. The van der Waals surface area contributed by atoms with Crippen molar-refractivity contribution in [3.63, 3.8) is 0 Å². The van der Waals surface area contributed by atoms with E-state index in [0.29, 0.717) is 16.2 Å². The SMILES string of the molecule is CC1=CC2=C(Cl)C(O)=C(C(=O)c3ccc(O)s3)CC2=N1. The van der Waals surface area contributed by atoms with Crippen LogP contribution in [0.3, 0.4) is 0 Å². The van der Waals surface area contributed by atoms with E-state index >= 15 is 0 Å². The maximum Gasteiger partial charge on any atom is 0.203 e. The van der Waals surface area contributed by atoms with Crippen molar-refractivity contribution in [2.24, 2.45) is 4.99 Å². The largest absolute Gasteiger partial charge is 0.506 e. The molecule has 0 amide bonds. The van der Waals surface area contributed by atoms with Gasteiger partial charge in [-0.25, -0.2) is 0 Å². The van der Waals surface area contributed by atoms with Crippen molar-refractivity contribution < 1.29 is 15.0 Å². The van der Waals surface area contributed by atoms with Crippen LogP contribution < -0.4 is 0 Å². The van der Waals surface area contributed by atoms with Gasteiger partial charge in [0, 0.05) is 17.7 Å². The number of Topliss-reactive ketones (excluding diaryl/α,β-unsaturated/α-hetero) is 1. The van der Waals surface area contributed by atoms with Crippen molar-refractivity contribution in [2.75, 3.05) is 0 Å². The zero-order chi connectivity index (χ0) is 14.4. The molecule has 3 rings (SSSR count). The molecule has 2 N–H and O–H groups in total.